The fraction of sp³-hybridized carbons (Fsp3) is 0.222. The lowest BCUT2D eigenvalue weighted by molar-refractivity contribution is -0.384. The summed E-state index contributed by atoms with van der Waals surface area (Å²) in [5.41, 5.74) is 0.601. The lowest BCUT2D eigenvalue weighted by atomic mass is 10.1. The number of nitro benzene ring substituents is 1. The first-order valence-corrected chi connectivity index (χ1v) is 9.31. The van der Waals surface area contributed by atoms with Gasteiger partial charge in [0.15, 0.2) is 0 Å². The van der Waals surface area contributed by atoms with Crippen molar-refractivity contribution >= 4 is 35.0 Å². The fourth-order valence-electron chi connectivity index (χ4n) is 2.26. The van der Waals surface area contributed by atoms with Crippen LogP contribution in [0.2, 0.25) is 0 Å². The van der Waals surface area contributed by atoms with Crippen LogP contribution in [-0.2, 0) is 4.79 Å². The van der Waals surface area contributed by atoms with Crippen LogP contribution in [0.5, 0.6) is 0 Å². The third-order valence-electron chi connectivity index (χ3n) is 3.59. The van der Waals surface area contributed by atoms with Gasteiger partial charge in [0.2, 0.25) is 5.91 Å². The highest BCUT2D eigenvalue weighted by atomic mass is 32.2. The van der Waals surface area contributed by atoms with Crippen LogP contribution in [0.15, 0.2) is 54.6 Å². The molecule has 0 spiro atoms. The normalized spacial score (nSPS) is 11.4. The van der Waals surface area contributed by atoms with Gasteiger partial charge in [-0.25, -0.2) is 0 Å². The van der Waals surface area contributed by atoms with E-state index in [0.717, 1.165) is 0 Å². The lowest BCUT2D eigenvalue weighted by Crippen LogP contribution is -2.44. The number of nitrogens with zero attached hydrogens (tertiary/aromatic N) is 1. The summed E-state index contributed by atoms with van der Waals surface area (Å²) in [5.74, 6) is -0.172. The van der Waals surface area contributed by atoms with Gasteiger partial charge in [0.05, 0.1) is 4.92 Å². The van der Waals surface area contributed by atoms with Gasteiger partial charge in [-0.2, -0.15) is 11.8 Å². The van der Waals surface area contributed by atoms with Crippen LogP contribution in [0, 0.1) is 10.1 Å². The maximum absolute atomic E-state index is 12.5. The monoisotopic (exact) mass is 373 g/mol. The Labute approximate surface area is 155 Å². The number of hydrogen-bond donors (Lipinski definition) is 2. The number of nitro groups is 1. The molecule has 0 aliphatic heterocycles. The number of para-hydroxylation sites is 1. The second kappa shape index (κ2) is 9.57. The molecular formula is C18H19N3O4S. The van der Waals surface area contributed by atoms with Crippen molar-refractivity contribution in [2.45, 2.75) is 12.5 Å². The Morgan fingerprint density at radius 3 is 2.54 bits per heavy atom. The van der Waals surface area contributed by atoms with E-state index in [2.05, 4.69) is 10.6 Å². The molecule has 0 aliphatic carbocycles. The average Bonchev–Trinajstić information content (AvgIpc) is 2.65. The second-order valence-electron chi connectivity index (χ2n) is 5.47. The minimum atomic E-state index is -0.741. The average molecular weight is 373 g/mol. The van der Waals surface area contributed by atoms with Crippen LogP contribution in [-0.4, -0.2) is 34.8 Å². The first-order chi connectivity index (χ1) is 12.5. The number of thioether (sulfide) groups is 1. The Kier molecular flexibility index (Phi) is 7.16. The van der Waals surface area contributed by atoms with Crippen LogP contribution in [0.4, 0.5) is 11.4 Å². The van der Waals surface area contributed by atoms with Crippen LogP contribution in [0.3, 0.4) is 0 Å². The van der Waals surface area contributed by atoms with E-state index >= 15 is 0 Å². The second-order valence-corrected chi connectivity index (χ2v) is 6.46. The standard InChI is InChI=1S/C18H19N3O4S/c1-26-11-10-16(18(23)19-14-7-3-2-4-8-14)20-17(22)13-6-5-9-15(12-13)21(24)25/h2-9,12,16H,10-11H2,1H3,(H,19,23)(H,20,22). The summed E-state index contributed by atoms with van der Waals surface area (Å²) in [5, 5.41) is 16.3. The molecule has 136 valence electrons. The first kappa shape index (κ1) is 19.5. The zero-order chi connectivity index (χ0) is 18.9. The number of benzene rings is 2. The molecule has 0 saturated carbocycles. The Balaban J connectivity index is 2.11. The smallest absolute Gasteiger partial charge is 0.270 e. The van der Waals surface area contributed by atoms with Crippen molar-refractivity contribution in [3.63, 3.8) is 0 Å². The van der Waals surface area contributed by atoms with Gasteiger partial charge in [-0.05, 0) is 36.6 Å². The minimum Gasteiger partial charge on any atom is -0.340 e. The molecular weight excluding hydrogens is 354 g/mol. The van der Waals surface area contributed by atoms with Gasteiger partial charge >= 0.3 is 0 Å². The Hall–Kier alpha value is -2.87. The summed E-state index contributed by atoms with van der Waals surface area (Å²) in [6, 6.07) is 13.6. The molecule has 2 amide bonds. The Morgan fingerprint density at radius 1 is 1.15 bits per heavy atom. The number of non-ortho nitro benzene ring substituents is 1. The molecule has 8 heteroatoms. The molecule has 2 N–H and O–H groups in total. The summed E-state index contributed by atoms with van der Waals surface area (Å²) in [6.07, 6.45) is 2.36. The summed E-state index contributed by atoms with van der Waals surface area (Å²) < 4.78 is 0. The Morgan fingerprint density at radius 2 is 1.88 bits per heavy atom. The zero-order valence-electron chi connectivity index (χ0n) is 14.2. The van der Waals surface area contributed by atoms with E-state index in [9.17, 15) is 19.7 Å². The molecule has 1 unspecified atom stereocenters. The predicted molar refractivity (Wildman–Crippen MR) is 102 cm³/mol. The summed E-state index contributed by atoms with van der Waals surface area (Å²) >= 11 is 1.56. The third-order valence-corrected chi connectivity index (χ3v) is 4.24. The van der Waals surface area contributed by atoms with Gasteiger partial charge in [-0.1, -0.05) is 24.3 Å². The number of anilines is 1. The highest BCUT2D eigenvalue weighted by Crippen LogP contribution is 2.14. The van der Waals surface area contributed by atoms with Crippen molar-refractivity contribution in [3.8, 4) is 0 Å². The third kappa shape index (κ3) is 5.59. The van der Waals surface area contributed by atoms with Crippen LogP contribution < -0.4 is 10.6 Å². The highest BCUT2D eigenvalue weighted by molar-refractivity contribution is 7.98. The summed E-state index contributed by atoms with van der Waals surface area (Å²) in [6.45, 7) is 0. The Bertz CT molecular complexity index is 783. The van der Waals surface area contributed by atoms with E-state index in [4.69, 9.17) is 0 Å². The van der Waals surface area contributed by atoms with Crippen molar-refractivity contribution < 1.29 is 14.5 Å². The van der Waals surface area contributed by atoms with Gasteiger partial charge in [-0.3, -0.25) is 19.7 Å². The fourth-order valence-corrected chi connectivity index (χ4v) is 2.73. The number of nitrogens with one attached hydrogen (secondary N) is 2. The van der Waals surface area contributed by atoms with Crippen molar-refractivity contribution in [1.82, 2.24) is 5.32 Å². The molecule has 0 bridgehead atoms. The highest BCUT2D eigenvalue weighted by Gasteiger charge is 2.22. The van der Waals surface area contributed by atoms with Crippen LogP contribution in [0.25, 0.3) is 0 Å². The molecule has 1 atom stereocenters. The molecule has 0 heterocycles. The first-order valence-electron chi connectivity index (χ1n) is 7.91. The molecule has 2 rings (SSSR count). The molecule has 2 aromatic carbocycles. The molecule has 7 nitrogen and oxygen atoms in total. The quantitative estimate of drug-likeness (QED) is 0.547. The molecule has 26 heavy (non-hydrogen) atoms. The topological polar surface area (TPSA) is 101 Å². The van der Waals surface area contributed by atoms with Crippen molar-refractivity contribution in [2.75, 3.05) is 17.3 Å². The van der Waals surface area contributed by atoms with Gasteiger partial charge in [0.1, 0.15) is 6.04 Å². The number of rotatable bonds is 8. The van der Waals surface area contributed by atoms with Gasteiger partial charge in [0, 0.05) is 23.4 Å². The van der Waals surface area contributed by atoms with Gasteiger partial charge < -0.3 is 10.6 Å². The van der Waals surface area contributed by atoms with Gasteiger partial charge in [-0.15, -0.1) is 0 Å². The number of carbonyl (C=O) groups excluding carboxylic acids is 2. The summed E-state index contributed by atoms with van der Waals surface area (Å²) in [4.78, 5) is 35.2. The van der Waals surface area contributed by atoms with Gasteiger partial charge in [0.25, 0.3) is 11.6 Å². The summed E-state index contributed by atoms with van der Waals surface area (Å²) in [7, 11) is 0. The maximum atomic E-state index is 12.5. The molecule has 0 aromatic heterocycles. The molecule has 0 saturated heterocycles. The maximum Gasteiger partial charge on any atom is 0.270 e. The predicted octanol–water partition coefficient (Wildman–Crippen LogP) is 3.09. The van der Waals surface area contributed by atoms with Crippen molar-refractivity contribution in [1.29, 1.82) is 0 Å². The zero-order valence-corrected chi connectivity index (χ0v) is 15.0. The molecule has 0 fully saturated rings. The van der Waals surface area contributed by atoms with E-state index in [1.165, 1.54) is 24.3 Å². The lowest BCUT2D eigenvalue weighted by Gasteiger charge is -2.18. The SMILES string of the molecule is CSCCC(NC(=O)c1cccc([N+](=O)[O-])c1)C(=O)Nc1ccccc1. The van der Waals surface area contributed by atoms with E-state index < -0.39 is 16.9 Å². The molecule has 2 aromatic rings. The van der Waals surface area contributed by atoms with E-state index in [0.29, 0.717) is 17.9 Å². The van der Waals surface area contributed by atoms with E-state index in [1.54, 1.807) is 36.0 Å². The van der Waals surface area contributed by atoms with Crippen molar-refractivity contribution in [3.05, 3.63) is 70.3 Å². The minimum absolute atomic E-state index is 0.140. The number of amides is 2. The number of carbonyl (C=O) groups is 2. The van der Waals surface area contributed by atoms with E-state index in [1.807, 2.05) is 12.3 Å². The van der Waals surface area contributed by atoms with Crippen LogP contribution in [0.1, 0.15) is 16.8 Å². The largest absolute Gasteiger partial charge is 0.340 e. The van der Waals surface area contributed by atoms with E-state index in [-0.39, 0.29) is 17.2 Å². The number of hydrogen-bond acceptors (Lipinski definition) is 5. The molecule has 0 radical (unpaired) electrons. The van der Waals surface area contributed by atoms with Crippen molar-refractivity contribution in [2.24, 2.45) is 0 Å². The molecule has 0 aliphatic rings. The van der Waals surface area contributed by atoms with Crippen LogP contribution >= 0.6 is 11.8 Å².